The molecule has 15 heavy (non-hydrogen) atoms. The van der Waals surface area contributed by atoms with Gasteiger partial charge in [-0.15, -0.1) is 0 Å². The summed E-state index contributed by atoms with van der Waals surface area (Å²) < 4.78 is 0. The Balaban J connectivity index is 0.00000196. The summed E-state index contributed by atoms with van der Waals surface area (Å²) in [5.74, 6) is -0.0857. The van der Waals surface area contributed by atoms with E-state index in [0.717, 1.165) is 12.0 Å². The minimum absolute atomic E-state index is 0. The fourth-order valence-corrected chi connectivity index (χ4v) is 1.63. The van der Waals surface area contributed by atoms with Gasteiger partial charge in [0.1, 0.15) is 0 Å². The summed E-state index contributed by atoms with van der Waals surface area (Å²) in [5.41, 5.74) is 1.15. The van der Waals surface area contributed by atoms with E-state index in [2.05, 4.69) is 0 Å². The average molecular weight is 386 g/mol. The van der Waals surface area contributed by atoms with Gasteiger partial charge < -0.3 is 10.2 Å². The van der Waals surface area contributed by atoms with E-state index in [1.54, 1.807) is 13.8 Å². The third kappa shape index (κ3) is 4.89. The van der Waals surface area contributed by atoms with Crippen molar-refractivity contribution in [3.05, 3.63) is 35.9 Å². The summed E-state index contributed by atoms with van der Waals surface area (Å²) in [7, 11) is 0. The van der Waals surface area contributed by atoms with Crippen molar-refractivity contribution in [2.45, 2.75) is 32.5 Å². The van der Waals surface area contributed by atoms with Gasteiger partial charge in [0.05, 0.1) is 12.2 Å². The van der Waals surface area contributed by atoms with Gasteiger partial charge in [0.25, 0.3) is 0 Å². The molecule has 2 nitrogen and oxygen atoms in total. The topological polar surface area (TPSA) is 40.5 Å². The summed E-state index contributed by atoms with van der Waals surface area (Å²) >= 11 is 0. The van der Waals surface area contributed by atoms with Crippen LogP contribution in [0.3, 0.4) is 0 Å². The van der Waals surface area contributed by atoms with Crippen molar-refractivity contribution in [1.82, 2.24) is 0 Å². The van der Waals surface area contributed by atoms with E-state index in [9.17, 15) is 10.2 Å². The van der Waals surface area contributed by atoms with Crippen LogP contribution in [-0.2, 0) is 26.5 Å². The van der Waals surface area contributed by atoms with Crippen molar-refractivity contribution in [3.8, 4) is 0 Å². The minimum Gasteiger partial charge on any atom is -0.393 e. The molecule has 2 N–H and O–H groups in total. The maximum absolute atomic E-state index is 9.48. The summed E-state index contributed by atoms with van der Waals surface area (Å²) in [6.45, 7) is 3.45. The van der Waals surface area contributed by atoms with E-state index in [1.807, 2.05) is 30.3 Å². The van der Waals surface area contributed by atoms with Crippen LogP contribution in [0.5, 0.6) is 0 Å². The third-order valence-electron chi connectivity index (χ3n) is 2.55. The summed E-state index contributed by atoms with van der Waals surface area (Å²) in [5, 5.41) is 19.0. The first-order valence-corrected chi connectivity index (χ1v) is 5.01. The maximum Gasteiger partial charge on any atom is 0.0568 e. The van der Waals surface area contributed by atoms with Crippen LogP contribution in [0, 0.1) is 5.92 Å². The molecule has 0 saturated heterocycles. The van der Waals surface area contributed by atoms with Crippen LogP contribution in [-0.4, -0.2) is 22.4 Å². The van der Waals surface area contributed by atoms with Crippen LogP contribution < -0.4 is 0 Å². The SMILES string of the molecule is CC(O)C(Cc1ccccc1)C(C)O.[Ir]. The van der Waals surface area contributed by atoms with Gasteiger partial charge >= 0.3 is 0 Å². The molecule has 0 aliphatic heterocycles. The summed E-state index contributed by atoms with van der Waals surface area (Å²) in [6, 6.07) is 9.92. The smallest absolute Gasteiger partial charge is 0.0568 e. The zero-order valence-electron chi connectivity index (χ0n) is 9.05. The largest absolute Gasteiger partial charge is 0.393 e. The molecule has 0 aliphatic rings. The molecule has 1 aromatic rings. The van der Waals surface area contributed by atoms with E-state index >= 15 is 0 Å². The molecule has 0 aliphatic carbocycles. The van der Waals surface area contributed by atoms with Crippen molar-refractivity contribution in [3.63, 3.8) is 0 Å². The molecular weight excluding hydrogens is 368 g/mol. The zero-order chi connectivity index (χ0) is 10.6. The molecule has 0 fully saturated rings. The average Bonchev–Trinajstić information content (AvgIpc) is 2.15. The Bertz CT molecular complexity index is 252. The van der Waals surface area contributed by atoms with E-state index in [0.29, 0.717) is 0 Å². The molecule has 1 rings (SSSR count). The first-order valence-electron chi connectivity index (χ1n) is 5.01. The van der Waals surface area contributed by atoms with Gasteiger partial charge in [-0.3, -0.25) is 0 Å². The molecule has 2 atom stereocenters. The van der Waals surface area contributed by atoms with Gasteiger partial charge in [0.2, 0.25) is 0 Å². The van der Waals surface area contributed by atoms with Crippen molar-refractivity contribution in [1.29, 1.82) is 0 Å². The third-order valence-corrected chi connectivity index (χ3v) is 2.55. The number of hydrogen-bond acceptors (Lipinski definition) is 2. The van der Waals surface area contributed by atoms with Crippen LogP contribution in [0.25, 0.3) is 0 Å². The molecule has 87 valence electrons. The Morgan fingerprint density at radius 2 is 1.47 bits per heavy atom. The predicted octanol–water partition coefficient (Wildman–Crippen LogP) is 1.60. The standard InChI is InChI=1S/C12H18O2.Ir/c1-9(13)12(10(2)14)8-11-6-4-3-5-7-11;/h3-7,9-10,12-14H,8H2,1-2H3;. The van der Waals surface area contributed by atoms with Gasteiger partial charge in [-0.1, -0.05) is 30.3 Å². The first kappa shape index (κ1) is 14.8. The number of benzene rings is 1. The van der Waals surface area contributed by atoms with Crippen molar-refractivity contribution < 1.29 is 30.3 Å². The van der Waals surface area contributed by atoms with Crippen molar-refractivity contribution in [2.24, 2.45) is 5.92 Å². The summed E-state index contributed by atoms with van der Waals surface area (Å²) in [6.07, 6.45) is -0.235. The molecule has 1 aromatic carbocycles. The number of rotatable bonds is 4. The predicted molar refractivity (Wildman–Crippen MR) is 57.0 cm³/mol. The van der Waals surface area contributed by atoms with Gasteiger partial charge in [-0.2, -0.15) is 0 Å². The molecule has 2 unspecified atom stereocenters. The van der Waals surface area contributed by atoms with Crippen LogP contribution in [0.4, 0.5) is 0 Å². The van der Waals surface area contributed by atoms with E-state index < -0.39 is 12.2 Å². The molecule has 0 amide bonds. The second-order valence-electron chi connectivity index (χ2n) is 3.83. The second-order valence-corrected chi connectivity index (χ2v) is 3.83. The fraction of sp³-hybridized carbons (Fsp3) is 0.500. The van der Waals surface area contributed by atoms with Crippen molar-refractivity contribution in [2.75, 3.05) is 0 Å². The summed E-state index contributed by atoms with van der Waals surface area (Å²) in [4.78, 5) is 0. The molecule has 0 heterocycles. The van der Waals surface area contributed by atoms with Crippen LogP contribution in [0.1, 0.15) is 19.4 Å². The van der Waals surface area contributed by atoms with Crippen molar-refractivity contribution >= 4 is 0 Å². The molecular formula is C12H18IrO2. The first-order chi connectivity index (χ1) is 6.61. The molecule has 0 aromatic heterocycles. The Kier molecular flexibility index (Phi) is 7.03. The number of aliphatic hydroxyl groups excluding tert-OH is 2. The number of hydrogen-bond donors (Lipinski definition) is 2. The second kappa shape index (κ2) is 7.13. The Morgan fingerprint density at radius 3 is 1.87 bits per heavy atom. The van der Waals surface area contributed by atoms with E-state index in [4.69, 9.17) is 0 Å². The Hall–Kier alpha value is -0.211. The molecule has 1 radical (unpaired) electrons. The molecule has 0 saturated carbocycles. The zero-order valence-corrected chi connectivity index (χ0v) is 11.4. The minimum atomic E-state index is -0.477. The Morgan fingerprint density at radius 1 is 1.00 bits per heavy atom. The van der Waals surface area contributed by atoms with Gasteiger partial charge in [-0.25, -0.2) is 0 Å². The monoisotopic (exact) mass is 387 g/mol. The molecule has 0 bridgehead atoms. The van der Waals surface area contributed by atoms with Gasteiger partial charge in [0, 0.05) is 26.0 Å². The number of aliphatic hydroxyl groups is 2. The van der Waals surface area contributed by atoms with Crippen LogP contribution in [0.2, 0.25) is 0 Å². The normalized spacial score (nSPS) is 16.3. The quantitative estimate of drug-likeness (QED) is 0.825. The van der Waals surface area contributed by atoms with E-state index in [-0.39, 0.29) is 26.0 Å². The maximum atomic E-state index is 9.48. The van der Waals surface area contributed by atoms with Gasteiger partial charge in [-0.05, 0) is 25.8 Å². The van der Waals surface area contributed by atoms with Crippen LogP contribution >= 0.6 is 0 Å². The molecule has 3 heteroatoms. The van der Waals surface area contributed by atoms with E-state index in [1.165, 1.54) is 0 Å². The Labute approximate surface area is 105 Å². The van der Waals surface area contributed by atoms with Crippen LogP contribution in [0.15, 0.2) is 30.3 Å². The fourth-order valence-electron chi connectivity index (χ4n) is 1.63. The van der Waals surface area contributed by atoms with Gasteiger partial charge in [0.15, 0.2) is 0 Å². The molecule has 0 spiro atoms.